The third-order valence-corrected chi connectivity index (χ3v) is 8.34. The number of rotatable bonds is 28. The molecule has 0 aliphatic heterocycles. The van der Waals surface area contributed by atoms with E-state index in [9.17, 15) is 9.90 Å². The minimum absolute atomic E-state index is 0.112. The Morgan fingerprint density at radius 3 is 1.55 bits per heavy atom. The van der Waals surface area contributed by atoms with E-state index in [4.69, 9.17) is 18.9 Å². The van der Waals surface area contributed by atoms with Crippen LogP contribution < -0.4 is 18.9 Å². The summed E-state index contributed by atoms with van der Waals surface area (Å²) in [5.41, 5.74) is 1.23. The first-order valence-electron chi connectivity index (χ1n) is 18.2. The smallest absolute Gasteiger partial charge is 0.339 e. The molecule has 0 aromatic heterocycles. The largest absolute Gasteiger partial charge is 0.494 e. The summed E-state index contributed by atoms with van der Waals surface area (Å²) in [6.07, 6.45) is 21.9. The van der Waals surface area contributed by atoms with E-state index < -0.39 is 5.97 Å². The van der Waals surface area contributed by atoms with Gasteiger partial charge in [0.15, 0.2) is 0 Å². The van der Waals surface area contributed by atoms with Crippen LogP contribution in [0, 0.1) is 0 Å². The van der Waals surface area contributed by atoms with E-state index in [1.807, 2.05) is 54.6 Å². The maximum Gasteiger partial charge on any atom is 0.339 e. The van der Waals surface area contributed by atoms with Crippen molar-refractivity contribution in [1.29, 1.82) is 0 Å². The molecule has 0 atom stereocenters. The van der Waals surface area contributed by atoms with Gasteiger partial charge in [0.05, 0.1) is 19.8 Å². The predicted octanol–water partition coefficient (Wildman–Crippen LogP) is 11.5. The van der Waals surface area contributed by atoms with Gasteiger partial charge < -0.3 is 24.1 Å². The number of carboxylic acid groups (broad SMARTS) is 1. The molecule has 0 radical (unpaired) electrons. The van der Waals surface area contributed by atoms with Gasteiger partial charge in [0, 0.05) is 6.42 Å². The summed E-state index contributed by atoms with van der Waals surface area (Å²) in [7, 11) is 0. The van der Waals surface area contributed by atoms with Crippen molar-refractivity contribution < 1.29 is 28.8 Å². The molecule has 0 fully saturated rings. The molecule has 0 saturated heterocycles. The van der Waals surface area contributed by atoms with Crippen LogP contribution >= 0.6 is 0 Å². The number of aromatic carboxylic acids is 1. The Labute approximate surface area is 283 Å². The van der Waals surface area contributed by atoms with Crippen molar-refractivity contribution in [1.82, 2.24) is 0 Å². The van der Waals surface area contributed by atoms with Gasteiger partial charge in [0.1, 0.15) is 35.2 Å². The van der Waals surface area contributed by atoms with Crippen molar-refractivity contribution in [2.24, 2.45) is 0 Å². The van der Waals surface area contributed by atoms with Crippen LogP contribution in [0.4, 0.5) is 0 Å². The molecule has 0 bridgehead atoms. The molecule has 6 nitrogen and oxygen atoms in total. The van der Waals surface area contributed by atoms with Crippen molar-refractivity contribution in [2.45, 2.75) is 123 Å². The fourth-order valence-corrected chi connectivity index (χ4v) is 5.54. The topological polar surface area (TPSA) is 74.2 Å². The zero-order valence-corrected chi connectivity index (χ0v) is 28.8. The molecule has 0 aliphatic rings. The summed E-state index contributed by atoms with van der Waals surface area (Å²) in [6, 6.07) is 22.6. The Kier molecular flexibility index (Phi) is 19.7. The van der Waals surface area contributed by atoms with E-state index >= 15 is 0 Å². The molecule has 3 aromatic rings. The van der Waals surface area contributed by atoms with E-state index in [2.05, 4.69) is 6.92 Å². The quantitative estimate of drug-likeness (QED) is 0.0791. The molecule has 47 heavy (non-hydrogen) atoms. The lowest BCUT2D eigenvalue weighted by Gasteiger charge is -2.12. The van der Waals surface area contributed by atoms with Crippen LogP contribution in [0.2, 0.25) is 0 Å². The van der Waals surface area contributed by atoms with E-state index in [0.717, 1.165) is 29.9 Å². The van der Waals surface area contributed by atoms with Gasteiger partial charge in [-0.15, -0.1) is 0 Å². The van der Waals surface area contributed by atoms with Crippen molar-refractivity contribution in [3.8, 4) is 23.0 Å². The molecule has 3 aromatic carbocycles. The Balaban J connectivity index is 1.19. The third kappa shape index (κ3) is 17.2. The lowest BCUT2D eigenvalue weighted by Crippen LogP contribution is -2.08. The van der Waals surface area contributed by atoms with E-state index in [-0.39, 0.29) is 5.56 Å². The SMILES string of the molecule is CCCCCCCCCCCCCCCCCCOc1ccc(OCCCOc2ccc(OCc3ccccc3)cc2)c(C(=O)O)c1. The molecule has 1 N–H and O–H groups in total. The zero-order valence-electron chi connectivity index (χ0n) is 28.8. The van der Waals surface area contributed by atoms with Crippen LogP contribution in [0.3, 0.4) is 0 Å². The van der Waals surface area contributed by atoms with Crippen molar-refractivity contribution >= 4 is 5.97 Å². The lowest BCUT2D eigenvalue weighted by molar-refractivity contribution is 0.0691. The summed E-state index contributed by atoms with van der Waals surface area (Å²) in [4.78, 5) is 11.9. The molecular weight excluding hydrogens is 588 g/mol. The van der Waals surface area contributed by atoms with Crippen LogP contribution in [0.1, 0.15) is 132 Å². The molecule has 0 unspecified atom stereocenters. The normalized spacial score (nSPS) is 10.9. The Hall–Kier alpha value is -3.67. The number of ether oxygens (including phenoxy) is 4. The Bertz CT molecular complexity index is 1210. The second-order valence-electron chi connectivity index (χ2n) is 12.4. The first-order valence-corrected chi connectivity index (χ1v) is 18.2. The van der Waals surface area contributed by atoms with E-state index in [0.29, 0.717) is 44.3 Å². The van der Waals surface area contributed by atoms with Gasteiger partial charge in [-0.25, -0.2) is 4.79 Å². The molecule has 3 rings (SSSR count). The van der Waals surface area contributed by atoms with Gasteiger partial charge in [0.2, 0.25) is 0 Å². The fourth-order valence-electron chi connectivity index (χ4n) is 5.54. The summed E-state index contributed by atoms with van der Waals surface area (Å²) in [5, 5.41) is 9.72. The van der Waals surface area contributed by atoms with E-state index in [1.54, 1.807) is 18.2 Å². The number of unbranched alkanes of at least 4 members (excludes halogenated alkanes) is 15. The zero-order chi connectivity index (χ0) is 33.2. The first-order chi connectivity index (χ1) is 23.2. The second-order valence-corrected chi connectivity index (χ2v) is 12.4. The third-order valence-electron chi connectivity index (χ3n) is 8.34. The fraction of sp³-hybridized carbons (Fsp3) is 0.537. The molecule has 0 heterocycles. The highest BCUT2D eigenvalue weighted by molar-refractivity contribution is 5.91. The average Bonchev–Trinajstić information content (AvgIpc) is 3.09. The second kappa shape index (κ2) is 24.5. The number of hydrogen-bond donors (Lipinski definition) is 1. The highest BCUT2D eigenvalue weighted by atomic mass is 16.5. The monoisotopic (exact) mass is 646 g/mol. The minimum Gasteiger partial charge on any atom is -0.494 e. The molecule has 0 spiro atoms. The Morgan fingerprint density at radius 1 is 0.511 bits per heavy atom. The van der Waals surface area contributed by atoms with Crippen LogP contribution in [0.25, 0.3) is 0 Å². The van der Waals surface area contributed by atoms with Crippen molar-refractivity contribution in [2.75, 3.05) is 19.8 Å². The minimum atomic E-state index is -1.03. The maximum atomic E-state index is 11.9. The number of carboxylic acids is 1. The van der Waals surface area contributed by atoms with Gasteiger partial charge in [0.25, 0.3) is 0 Å². The highest BCUT2D eigenvalue weighted by Gasteiger charge is 2.13. The number of carbonyl (C=O) groups is 1. The van der Waals surface area contributed by atoms with Crippen molar-refractivity contribution in [3.63, 3.8) is 0 Å². The lowest BCUT2D eigenvalue weighted by atomic mass is 10.0. The molecule has 6 heteroatoms. The first kappa shape index (κ1) is 37.8. The van der Waals surface area contributed by atoms with Gasteiger partial charge in [-0.3, -0.25) is 0 Å². The summed E-state index contributed by atoms with van der Waals surface area (Å²) < 4.78 is 23.3. The average molecular weight is 647 g/mol. The van der Waals surface area contributed by atoms with Crippen LogP contribution in [-0.2, 0) is 6.61 Å². The summed E-state index contributed by atoms with van der Waals surface area (Å²) in [6.45, 7) is 4.18. The number of benzene rings is 3. The Morgan fingerprint density at radius 2 is 0.979 bits per heavy atom. The molecular formula is C41H58O6. The van der Waals surface area contributed by atoms with Gasteiger partial charge >= 0.3 is 5.97 Å². The maximum absolute atomic E-state index is 11.9. The summed E-state index contributed by atoms with van der Waals surface area (Å²) in [5.74, 6) is 1.40. The van der Waals surface area contributed by atoms with Crippen LogP contribution in [0.15, 0.2) is 72.8 Å². The van der Waals surface area contributed by atoms with Gasteiger partial charge in [-0.1, -0.05) is 134 Å². The molecule has 258 valence electrons. The van der Waals surface area contributed by atoms with Crippen molar-refractivity contribution in [3.05, 3.63) is 83.9 Å². The number of hydrogen-bond acceptors (Lipinski definition) is 5. The van der Waals surface area contributed by atoms with Gasteiger partial charge in [-0.05, 0) is 54.4 Å². The van der Waals surface area contributed by atoms with E-state index in [1.165, 1.54) is 89.9 Å². The standard InChI is InChI=1S/C41H58O6/c1-2-3-4-5-6-7-8-9-10-11-12-13-14-15-16-20-30-45-38-28-29-40(39(33-38)41(42)43)46-32-21-31-44-36-24-26-37(27-25-36)47-34-35-22-18-17-19-23-35/h17-19,22-29,33H,2-16,20-21,30-32,34H2,1H3,(H,42,43). The summed E-state index contributed by atoms with van der Waals surface area (Å²) >= 11 is 0. The van der Waals surface area contributed by atoms with Crippen LogP contribution in [0.5, 0.6) is 23.0 Å². The highest BCUT2D eigenvalue weighted by Crippen LogP contribution is 2.25. The molecule has 0 amide bonds. The van der Waals surface area contributed by atoms with Crippen LogP contribution in [-0.4, -0.2) is 30.9 Å². The predicted molar refractivity (Wildman–Crippen MR) is 191 cm³/mol. The van der Waals surface area contributed by atoms with Gasteiger partial charge in [-0.2, -0.15) is 0 Å². The molecule has 0 saturated carbocycles. The molecule has 0 aliphatic carbocycles.